The number of hydrogen-bond donors (Lipinski definition) is 2. The Morgan fingerprint density at radius 1 is 1.21 bits per heavy atom. The number of fused-ring (bicyclic) bond motifs is 2. The number of carbonyl (C=O) groups is 4. The molecule has 1 saturated heterocycles. The Morgan fingerprint density at radius 3 is 2.82 bits per heavy atom. The van der Waals surface area contributed by atoms with Crippen LogP contribution in [0.3, 0.4) is 0 Å². The quantitative estimate of drug-likeness (QED) is 0.571. The first-order valence-electron chi connectivity index (χ1n) is 10.2. The highest BCUT2D eigenvalue weighted by molar-refractivity contribution is 6.31. The van der Waals surface area contributed by atoms with Crippen LogP contribution in [0.4, 0.5) is 4.39 Å². The minimum absolute atomic E-state index is 0.00738. The van der Waals surface area contributed by atoms with E-state index in [1.165, 1.54) is 11.0 Å². The van der Waals surface area contributed by atoms with Gasteiger partial charge in [0.1, 0.15) is 17.4 Å². The molecule has 2 aromatic carbocycles. The smallest absolute Gasteiger partial charge is 0.287 e. The minimum Gasteiger partial charge on any atom is -0.451 e. The van der Waals surface area contributed by atoms with Crippen molar-refractivity contribution in [1.29, 1.82) is 0 Å². The van der Waals surface area contributed by atoms with Gasteiger partial charge < -0.3 is 14.6 Å². The Bertz CT molecular complexity index is 1350. The van der Waals surface area contributed by atoms with Gasteiger partial charge in [-0.05, 0) is 47.9 Å². The summed E-state index contributed by atoms with van der Waals surface area (Å²) in [6.07, 6.45) is 0.307. The van der Waals surface area contributed by atoms with E-state index in [4.69, 9.17) is 16.0 Å². The van der Waals surface area contributed by atoms with E-state index in [1.807, 2.05) is 0 Å². The third-order valence-electron chi connectivity index (χ3n) is 5.79. The van der Waals surface area contributed by atoms with Gasteiger partial charge in [0, 0.05) is 29.9 Å². The molecule has 0 saturated carbocycles. The summed E-state index contributed by atoms with van der Waals surface area (Å²) in [6.45, 7) is 0.0525. The Labute approximate surface area is 191 Å². The van der Waals surface area contributed by atoms with Crippen LogP contribution in [-0.4, -0.2) is 34.6 Å². The highest BCUT2D eigenvalue weighted by Crippen LogP contribution is 2.30. The normalized spacial score (nSPS) is 17.9. The van der Waals surface area contributed by atoms with E-state index >= 15 is 0 Å². The average molecular weight is 470 g/mol. The summed E-state index contributed by atoms with van der Waals surface area (Å²) >= 11 is 5.95. The molecule has 1 atom stereocenters. The monoisotopic (exact) mass is 469 g/mol. The Balaban J connectivity index is 1.31. The van der Waals surface area contributed by atoms with Gasteiger partial charge in [0.25, 0.3) is 11.8 Å². The Morgan fingerprint density at radius 2 is 2.03 bits per heavy atom. The van der Waals surface area contributed by atoms with Gasteiger partial charge in [-0.2, -0.15) is 0 Å². The second-order valence-corrected chi connectivity index (χ2v) is 8.42. The van der Waals surface area contributed by atoms with Crippen LogP contribution in [0.2, 0.25) is 5.02 Å². The lowest BCUT2D eigenvalue weighted by molar-refractivity contribution is -0.136. The Kier molecular flexibility index (Phi) is 5.13. The molecule has 3 aromatic rings. The van der Waals surface area contributed by atoms with E-state index in [2.05, 4.69) is 10.6 Å². The molecule has 168 valence electrons. The van der Waals surface area contributed by atoms with Crippen molar-refractivity contribution in [3.05, 3.63) is 69.7 Å². The number of piperidine rings is 1. The summed E-state index contributed by atoms with van der Waals surface area (Å²) in [5.41, 5.74) is 1.30. The summed E-state index contributed by atoms with van der Waals surface area (Å²) < 4.78 is 20.3. The summed E-state index contributed by atoms with van der Waals surface area (Å²) in [5, 5.41) is 6.09. The number of furan rings is 1. The summed E-state index contributed by atoms with van der Waals surface area (Å²) in [7, 11) is 0. The number of nitrogens with one attached hydrogen (secondary N) is 2. The molecular formula is C23H17ClFN3O5. The molecule has 4 amide bonds. The van der Waals surface area contributed by atoms with E-state index in [-0.39, 0.29) is 37.3 Å². The molecule has 2 aliphatic heterocycles. The van der Waals surface area contributed by atoms with Crippen molar-refractivity contribution in [1.82, 2.24) is 15.5 Å². The predicted octanol–water partition coefficient (Wildman–Crippen LogP) is 2.92. The van der Waals surface area contributed by atoms with Gasteiger partial charge in [0.05, 0.1) is 5.56 Å². The summed E-state index contributed by atoms with van der Waals surface area (Å²) in [5.74, 6) is -2.66. The molecule has 0 spiro atoms. The number of amides is 4. The van der Waals surface area contributed by atoms with Crippen molar-refractivity contribution >= 4 is 46.2 Å². The van der Waals surface area contributed by atoms with Crippen LogP contribution >= 0.6 is 11.6 Å². The van der Waals surface area contributed by atoms with Crippen molar-refractivity contribution in [2.24, 2.45) is 0 Å². The van der Waals surface area contributed by atoms with Gasteiger partial charge in [-0.1, -0.05) is 17.7 Å². The summed E-state index contributed by atoms with van der Waals surface area (Å²) in [6, 6.07) is 8.54. The van der Waals surface area contributed by atoms with Crippen LogP contribution in [0, 0.1) is 5.82 Å². The zero-order valence-electron chi connectivity index (χ0n) is 17.1. The fourth-order valence-electron chi connectivity index (χ4n) is 4.22. The van der Waals surface area contributed by atoms with Gasteiger partial charge in [0.2, 0.25) is 11.8 Å². The molecule has 8 nitrogen and oxygen atoms in total. The molecule has 0 bridgehead atoms. The fourth-order valence-corrected chi connectivity index (χ4v) is 4.40. The first-order valence-corrected chi connectivity index (χ1v) is 10.6. The van der Waals surface area contributed by atoms with E-state index in [0.29, 0.717) is 27.1 Å². The molecule has 3 heterocycles. The molecule has 33 heavy (non-hydrogen) atoms. The van der Waals surface area contributed by atoms with Gasteiger partial charge in [0.15, 0.2) is 5.76 Å². The summed E-state index contributed by atoms with van der Waals surface area (Å²) in [4.78, 5) is 50.1. The van der Waals surface area contributed by atoms with E-state index in [9.17, 15) is 23.6 Å². The largest absolute Gasteiger partial charge is 0.451 e. The average Bonchev–Trinajstić information content (AvgIpc) is 3.33. The van der Waals surface area contributed by atoms with Crippen LogP contribution in [-0.2, 0) is 22.7 Å². The molecule has 2 aliphatic rings. The second kappa shape index (κ2) is 8.00. The van der Waals surface area contributed by atoms with Gasteiger partial charge in [-0.15, -0.1) is 0 Å². The maximum absolute atomic E-state index is 14.8. The third kappa shape index (κ3) is 3.84. The zero-order valence-corrected chi connectivity index (χ0v) is 17.9. The highest BCUT2D eigenvalue weighted by Gasteiger charge is 2.40. The van der Waals surface area contributed by atoms with E-state index in [1.54, 1.807) is 30.3 Å². The van der Waals surface area contributed by atoms with E-state index < -0.39 is 35.5 Å². The maximum atomic E-state index is 14.8. The van der Waals surface area contributed by atoms with Crippen LogP contribution < -0.4 is 10.6 Å². The van der Waals surface area contributed by atoms with Crippen molar-refractivity contribution in [3.63, 3.8) is 0 Å². The van der Waals surface area contributed by atoms with Crippen molar-refractivity contribution < 1.29 is 28.0 Å². The number of imide groups is 1. The van der Waals surface area contributed by atoms with Gasteiger partial charge in [-0.25, -0.2) is 4.39 Å². The van der Waals surface area contributed by atoms with Crippen LogP contribution in [0.15, 0.2) is 40.8 Å². The number of hydrogen-bond acceptors (Lipinski definition) is 5. The van der Waals surface area contributed by atoms with Crippen molar-refractivity contribution in [2.75, 3.05) is 0 Å². The lowest BCUT2D eigenvalue weighted by atomic mass is 10.0. The fraction of sp³-hybridized carbons (Fsp3) is 0.217. The molecular weight excluding hydrogens is 453 g/mol. The molecule has 1 fully saturated rings. The third-order valence-corrected chi connectivity index (χ3v) is 6.02. The molecule has 0 aliphatic carbocycles. The zero-order chi connectivity index (χ0) is 23.3. The molecule has 2 N–H and O–H groups in total. The number of halogens is 2. The van der Waals surface area contributed by atoms with Crippen LogP contribution in [0.5, 0.6) is 0 Å². The minimum atomic E-state index is -0.827. The highest BCUT2D eigenvalue weighted by atomic mass is 35.5. The molecule has 5 rings (SSSR count). The SMILES string of the molecule is O=C1CCC(N2Cc3cc(CNC(=O)c4cc5cc(Cl)ccc5o4)cc(F)c3C2=O)C(=O)N1. The maximum Gasteiger partial charge on any atom is 0.287 e. The number of carbonyl (C=O) groups excluding carboxylic acids is 4. The predicted molar refractivity (Wildman–Crippen MR) is 115 cm³/mol. The number of rotatable bonds is 4. The molecule has 1 aromatic heterocycles. The first kappa shape index (κ1) is 21.1. The topological polar surface area (TPSA) is 109 Å². The van der Waals surface area contributed by atoms with Gasteiger partial charge in [-0.3, -0.25) is 24.5 Å². The number of nitrogens with zero attached hydrogens (tertiary/aromatic N) is 1. The second-order valence-electron chi connectivity index (χ2n) is 7.99. The Hall–Kier alpha value is -3.72. The number of benzene rings is 2. The van der Waals surface area contributed by atoms with Crippen LogP contribution in [0.25, 0.3) is 11.0 Å². The molecule has 1 unspecified atom stereocenters. The molecule has 0 radical (unpaired) electrons. The van der Waals surface area contributed by atoms with Crippen molar-refractivity contribution in [2.45, 2.75) is 32.0 Å². The lowest BCUT2D eigenvalue weighted by Crippen LogP contribution is -2.52. The standard InChI is InChI=1S/C23H17ClFN3O5/c24-14-1-3-17-12(7-14)8-18(33-17)22(31)26-9-11-5-13-10-28(23(32)20(13)15(25)6-11)16-2-4-19(29)27-21(16)30/h1,3,5-8,16H,2,4,9-10H2,(H,26,31)(H,27,29,30). The molecule has 10 heteroatoms. The first-order chi connectivity index (χ1) is 15.8. The van der Waals surface area contributed by atoms with E-state index in [0.717, 1.165) is 0 Å². The lowest BCUT2D eigenvalue weighted by Gasteiger charge is -2.29. The van der Waals surface area contributed by atoms with Crippen LogP contribution in [0.1, 0.15) is 44.9 Å². The van der Waals surface area contributed by atoms with Crippen molar-refractivity contribution in [3.8, 4) is 0 Å². The van der Waals surface area contributed by atoms with Gasteiger partial charge >= 0.3 is 0 Å².